The van der Waals surface area contributed by atoms with Crippen LogP contribution >= 0.6 is 57.8 Å². The van der Waals surface area contributed by atoms with Crippen molar-refractivity contribution in [3.8, 4) is 0 Å². The zero-order chi connectivity index (χ0) is 24.0. The number of amides is 2. The number of benzene rings is 1. The highest BCUT2D eigenvalue weighted by molar-refractivity contribution is 8.07. The van der Waals surface area contributed by atoms with E-state index in [0.29, 0.717) is 24.6 Å². The van der Waals surface area contributed by atoms with Crippen LogP contribution in [0.3, 0.4) is 0 Å². The van der Waals surface area contributed by atoms with E-state index in [1.54, 1.807) is 6.07 Å². The van der Waals surface area contributed by atoms with Crippen LogP contribution in [0.2, 0.25) is 4.34 Å². The molecule has 7 nitrogen and oxygen atoms in total. The van der Waals surface area contributed by atoms with Crippen LogP contribution in [0.15, 0.2) is 62.1 Å². The number of carbonyl (C=O) groups is 3. The van der Waals surface area contributed by atoms with E-state index in [2.05, 4.69) is 5.32 Å². The second-order valence-corrected chi connectivity index (χ2v) is 13.0. The van der Waals surface area contributed by atoms with Crippen LogP contribution in [0.25, 0.3) is 9.40 Å². The fourth-order valence-corrected chi connectivity index (χ4v) is 9.37. The Labute approximate surface area is 214 Å². The molecule has 2 aromatic heterocycles. The van der Waals surface area contributed by atoms with E-state index in [1.807, 2.05) is 30.3 Å². The molecular weight excluding hydrogens is 536 g/mol. The van der Waals surface area contributed by atoms with Crippen molar-refractivity contribution in [2.75, 3.05) is 5.75 Å². The summed E-state index contributed by atoms with van der Waals surface area (Å²) in [6.45, 7) is 0. The molecule has 2 N–H and O–H groups in total. The van der Waals surface area contributed by atoms with Gasteiger partial charge in [-0.05, 0) is 11.6 Å². The zero-order valence-electron chi connectivity index (χ0n) is 17.1. The van der Waals surface area contributed by atoms with Crippen LogP contribution in [0.1, 0.15) is 5.56 Å². The molecule has 174 valence electrons. The minimum atomic E-state index is -1.22. The van der Waals surface area contributed by atoms with Crippen molar-refractivity contribution in [3.05, 3.63) is 73.2 Å². The SMILES string of the molecule is O=C(Cc1ccccc1)NC1C(=O)N2C(C(=O)O)=C(Sc3cc(=O)c4cc(Cl)sc4s3)CSC12. The van der Waals surface area contributed by atoms with Crippen molar-refractivity contribution >= 4 is 85.0 Å². The van der Waals surface area contributed by atoms with Crippen molar-refractivity contribution < 1.29 is 19.5 Å². The van der Waals surface area contributed by atoms with Crippen LogP contribution in [0.4, 0.5) is 0 Å². The lowest BCUT2D eigenvalue weighted by atomic mass is 10.0. The van der Waals surface area contributed by atoms with Crippen molar-refractivity contribution in [1.29, 1.82) is 0 Å². The summed E-state index contributed by atoms with van der Waals surface area (Å²) in [6, 6.07) is 11.5. The van der Waals surface area contributed by atoms with Crippen molar-refractivity contribution in [2.45, 2.75) is 22.0 Å². The summed E-state index contributed by atoms with van der Waals surface area (Å²) in [4.78, 5) is 51.5. The third-order valence-corrected chi connectivity index (χ3v) is 10.4. The number of carboxylic acid groups (broad SMARTS) is 1. The number of hydrogen-bond donors (Lipinski definition) is 2. The van der Waals surface area contributed by atoms with E-state index < -0.39 is 23.3 Å². The summed E-state index contributed by atoms with van der Waals surface area (Å²) < 4.78 is 1.91. The first-order valence-electron chi connectivity index (χ1n) is 9.97. The number of nitrogens with one attached hydrogen (secondary N) is 1. The van der Waals surface area contributed by atoms with Gasteiger partial charge in [0, 0.05) is 16.7 Å². The number of hydrogen-bond acceptors (Lipinski definition) is 8. The topological polar surface area (TPSA) is 104 Å². The van der Waals surface area contributed by atoms with Crippen molar-refractivity contribution in [3.63, 3.8) is 0 Å². The second-order valence-electron chi connectivity index (χ2n) is 7.48. The summed E-state index contributed by atoms with van der Waals surface area (Å²) in [5, 5.41) is 12.7. The van der Waals surface area contributed by atoms with Gasteiger partial charge < -0.3 is 10.4 Å². The number of β-lactam (4-membered cyclic amide) rings is 1. The molecule has 1 saturated heterocycles. The number of rotatable bonds is 6. The summed E-state index contributed by atoms with van der Waals surface area (Å²) in [5.74, 6) is -1.63. The Kier molecular flexibility index (Phi) is 6.47. The van der Waals surface area contributed by atoms with Gasteiger partial charge >= 0.3 is 5.97 Å². The Bertz CT molecular complexity index is 1420. The first kappa shape index (κ1) is 23.4. The van der Waals surface area contributed by atoms with E-state index in [-0.39, 0.29) is 23.5 Å². The molecule has 4 heterocycles. The number of thiophene rings is 1. The van der Waals surface area contributed by atoms with Gasteiger partial charge in [0.05, 0.1) is 24.4 Å². The quantitative estimate of drug-likeness (QED) is 0.447. The summed E-state index contributed by atoms with van der Waals surface area (Å²) in [7, 11) is 0. The van der Waals surface area contributed by atoms with Crippen molar-refractivity contribution in [1.82, 2.24) is 10.2 Å². The lowest BCUT2D eigenvalue weighted by Gasteiger charge is -2.49. The Morgan fingerprint density at radius 3 is 2.68 bits per heavy atom. The summed E-state index contributed by atoms with van der Waals surface area (Å²) in [5.41, 5.74) is 0.545. The number of carboxylic acids is 1. The maximum atomic E-state index is 12.9. The number of halogens is 1. The van der Waals surface area contributed by atoms with Gasteiger partial charge in [0.2, 0.25) is 5.91 Å². The molecule has 2 atom stereocenters. The molecule has 2 aliphatic heterocycles. The lowest BCUT2D eigenvalue weighted by Crippen LogP contribution is -2.70. The van der Waals surface area contributed by atoms with Crippen LogP contribution in [-0.2, 0) is 20.8 Å². The average molecular weight is 551 g/mol. The Balaban J connectivity index is 1.35. The van der Waals surface area contributed by atoms with Crippen LogP contribution in [0, 0.1) is 0 Å². The molecule has 0 bridgehead atoms. The molecule has 0 saturated carbocycles. The van der Waals surface area contributed by atoms with Gasteiger partial charge in [-0.2, -0.15) is 0 Å². The zero-order valence-corrected chi connectivity index (χ0v) is 21.2. The van der Waals surface area contributed by atoms with Gasteiger partial charge in [0.1, 0.15) is 17.1 Å². The third-order valence-electron chi connectivity index (χ3n) is 5.26. The van der Waals surface area contributed by atoms with Crippen LogP contribution < -0.4 is 10.7 Å². The largest absolute Gasteiger partial charge is 0.477 e. The minimum Gasteiger partial charge on any atom is -0.477 e. The average Bonchev–Trinajstić information content (AvgIpc) is 3.18. The lowest BCUT2D eigenvalue weighted by molar-refractivity contribution is -0.150. The fourth-order valence-electron chi connectivity index (χ4n) is 3.75. The van der Waals surface area contributed by atoms with Crippen LogP contribution in [0.5, 0.6) is 0 Å². The normalized spacial score (nSPS) is 19.7. The molecule has 1 aromatic carbocycles. The fraction of sp³-hybridized carbons (Fsp3) is 0.182. The van der Waals surface area contributed by atoms with Gasteiger partial charge in [0.15, 0.2) is 5.43 Å². The molecule has 3 aromatic rings. The first-order valence-corrected chi connectivity index (χ1v) is 13.8. The molecule has 2 amide bonds. The highest BCUT2D eigenvalue weighted by Crippen LogP contribution is 2.46. The summed E-state index contributed by atoms with van der Waals surface area (Å²) >= 11 is 11.3. The van der Waals surface area contributed by atoms with Gasteiger partial charge in [-0.15, -0.1) is 34.4 Å². The summed E-state index contributed by atoms with van der Waals surface area (Å²) in [6.07, 6.45) is 0.138. The standard InChI is InChI=1S/C22H15ClN2O5S4/c23-14-7-11-12(26)8-16(34-22(11)33-14)32-13-9-31-20-17(19(28)25(20)18(13)21(29)30)24-15(27)6-10-4-2-1-3-5-10/h1-5,7-8,17,20H,6,9H2,(H,24,27)(H,29,30). The molecule has 1 fully saturated rings. The smallest absolute Gasteiger partial charge is 0.353 e. The molecular formula is C22H15ClN2O5S4. The maximum absolute atomic E-state index is 12.9. The van der Waals surface area contributed by atoms with E-state index in [4.69, 9.17) is 11.6 Å². The minimum absolute atomic E-state index is 0.101. The van der Waals surface area contributed by atoms with Gasteiger partial charge in [-0.25, -0.2) is 4.79 Å². The van der Waals surface area contributed by atoms with Gasteiger partial charge in [0.25, 0.3) is 5.91 Å². The molecule has 34 heavy (non-hydrogen) atoms. The van der Waals surface area contributed by atoms with E-state index in [9.17, 15) is 24.3 Å². The van der Waals surface area contributed by atoms with E-state index >= 15 is 0 Å². The number of carbonyl (C=O) groups excluding carboxylic acids is 2. The van der Waals surface area contributed by atoms with Gasteiger partial charge in [-0.3, -0.25) is 19.3 Å². The van der Waals surface area contributed by atoms with Gasteiger partial charge in [-0.1, -0.05) is 53.7 Å². The van der Waals surface area contributed by atoms with Crippen LogP contribution in [-0.4, -0.2) is 45.0 Å². The number of aliphatic carboxylic acids is 1. The molecule has 12 heteroatoms. The highest BCUT2D eigenvalue weighted by atomic mass is 35.5. The predicted molar refractivity (Wildman–Crippen MR) is 137 cm³/mol. The number of fused-ring (bicyclic) bond motifs is 2. The third kappa shape index (κ3) is 4.38. The second kappa shape index (κ2) is 9.38. The monoisotopic (exact) mass is 550 g/mol. The highest BCUT2D eigenvalue weighted by Gasteiger charge is 2.54. The first-order chi connectivity index (χ1) is 16.3. The Morgan fingerprint density at radius 1 is 1.18 bits per heavy atom. The molecule has 0 spiro atoms. The van der Waals surface area contributed by atoms with Crippen molar-refractivity contribution in [2.24, 2.45) is 0 Å². The Morgan fingerprint density at radius 2 is 1.94 bits per heavy atom. The maximum Gasteiger partial charge on any atom is 0.353 e. The number of nitrogens with zero attached hydrogens (tertiary/aromatic N) is 1. The predicted octanol–water partition coefficient (Wildman–Crippen LogP) is 4.01. The molecule has 2 unspecified atom stereocenters. The molecule has 0 aliphatic carbocycles. The van der Waals surface area contributed by atoms with E-state index in [0.717, 1.165) is 9.58 Å². The molecule has 0 radical (unpaired) electrons. The molecule has 2 aliphatic rings. The number of thioether (sulfide) groups is 2. The Hall–Kier alpha value is -2.31. The van der Waals surface area contributed by atoms with E-state index in [1.165, 1.54) is 57.2 Å². The molecule has 5 rings (SSSR count).